The van der Waals surface area contributed by atoms with E-state index in [1.165, 1.54) is 19.4 Å². The van der Waals surface area contributed by atoms with Gasteiger partial charge in [0.15, 0.2) is 0 Å². The Bertz CT molecular complexity index is 1360. The van der Waals surface area contributed by atoms with Gasteiger partial charge in [-0.25, -0.2) is 14.4 Å². The van der Waals surface area contributed by atoms with Crippen LogP contribution in [-0.2, 0) is 0 Å². The summed E-state index contributed by atoms with van der Waals surface area (Å²) in [7, 11) is 0.926. The number of halogens is 3. The number of methoxy groups -OCH3 is 1. The van der Waals surface area contributed by atoms with Crippen LogP contribution < -0.4 is 9.46 Å². The summed E-state index contributed by atoms with van der Waals surface area (Å²) in [5.74, 6) is 0.0646. The van der Waals surface area contributed by atoms with E-state index in [9.17, 15) is 4.39 Å². The van der Waals surface area contributed by atoms with Gasteiger partial charge in [-0.2, -0.15) is 4.39 Å². The minimum Gasteiger partial charge on any atom is -0.496 e. The molecule has 0 spiro atoms. The standard InChI is InChI=1S/C24H20ClF2N3OS/c1-4-32(22-8-6-5-7-18(22)25)30-20-12-21(31-3)17(11-19(20)26)15-9-14(2)23-16(10-15)13-28-24(27)29-23/h4-13,30H,1-3H3. The first-order valence-electron chi connectivity index (χ1n) is 9.76. The molecule has 0 amide bonds. The van der Waals surface area contributed by atoms with Gasteiger partial charge in [0.2, 0.25) is 0 Å². The van der Waals surface area contributed by atoms with E-state index in [1.807, 2.05) is 43.5 Å². The second kappa shape index (κ2) is 9.22. The fourth-order valence-corrected chi connectivity index (χ4v) is 5.23. The number of nitrogens with zero attached hydrogens (tertiary/aromatic N) is 2. The average Bonchev–Trinajstić information content (AvgIpc) is 2.79. The maximum atomic E-state index is 15.2. The highest BCUT2D eigenvalue weighted by molar-refractivity contribution is 8.16. The number of hydrogen-bond acceptors (Lipinski definition) is 4. The van der Waals surface area contributed by atoms with Crippen molar-refractivity contribution in [3.8, 4) is 16.9 Å². The smallest absolute Gasteiger partial charge is 0.309 e. The van der Waals surface area contributed by atoms with E-state index in [-0.39, 0.29) is 0 Å². The predicted octanol–water partition coefficient (Wildman–Crippen LogP) is 7.02. The lowest BCUT2D eigenvalue weighted by atomic mass is 9.99. The Balaban J connectivity index is 1.77. The van der Waals surface area contributed by atoms with E-state index in [0.717, 1.165) is 16.0 Å². The van der Waals surface area contributed by atoms with Gasteiger partial charge >= 0.3 is 6.08 Å². The number of nitrogens with one attached hydrogen (secondary N) is 1. The molecule has 0 radical (unpaired) electrons. The van der Waals surface area contributed by atoms with E-state index >= 15 is 4.39 Å². The molecule has 32 heavy (non-hydrogen) atoms. The Morgan fingerprint density at radius 3 is 2.62 bits per heavy atom. The quantitative estimate of drug-likeness (QED) is 0.251. The molecule has 1 heterocycles. The molecule has 1 unspecified atom stereocenters. The molecule has 0 saturated carbocycles. The van der Waals surface area contributed by atoms with Crippen molar-refractivity contribution in [2.24, 2.45) is 0 Å². The molecule has 0 aliphatic heterocycles. The molecular weight excluding hydrogens is 452 g/mol. The Kier molecular flexibility index (Phi) is 6.39. The van der Waals surface area contributed by atoms with Gasteiger partial charge in [0.1, 0.15) is 11.6 Å². The summed E-state index contributed by atoms with van der Waals surface area (Å²) in [5, 5.41) is 3.20. The van der Waals surface area contributed by atoms with Crippen LogP contribution >= 0.6 is 22.3 Å². The van der Waals surface area contributed by atoms with Gasteiger partial charge in [-0.15, -0.1) is 0 Å². The van der Waals surface area contributed by atoms with Crippen molar-refractivity contribution in [2.45, 2.75) is 18.7 Å². The highest BCUT2D eigenvalue weighted by Gasteiger charge is 2.16. The second-order valence-corrected chi connectivity index (χ2v) is 9.21. The van der Waals surface area contributed by atoms with Gasteiger partial charge in [0, 0.05) is 28.1 Å². The fraction of sp³-hybridized carbons (Fsp3) is 0.125. The molecule has 0 aliphatic carbocycles. The number of benzene rings is 3. The monoisotopic (exact) mass is 471 g/mol. The lowest BCUT2D eigenvalue weighted by Crippen LogP contribution is -1.99. The molecule has 164 valence electrons. The highest BCUT2D eigenvalue weighted by atomic mass is 35.5. The summed E-state index contributed by atoms with van der Waals surface area (Å²) >= 11 is 6.33. The Morgan fingerprint density at radius 1 is 1.12 bits per heavy atom. The molecule has 8 heteroatoms. The topological polar surface area (TPSA) is 47.0 Å². The SMILES string of the molecule is C/C=S(/Nc1cc(OC)c(-c2cc(C)c3nc(F)ncc3c2)cc1F)c1ccccc1Cl. The van der Waals surface area contributed by atoms with Gasteiger partial charge in [-0.1, -0.05) is 34.4 Å². The predicted molar refractivity (Wildman–Crippen MR) is 129 cm³/mol. The van der Waals surface area contributed by atoms with Crippen LogP contribution in [0.5, 0.6) is 5.75 Å². The lowest BCUT2D eigenvalue weighted by molar-refractivity contribution is 0.416. The minimum absolute atomic E-state index is 0.301. The number of anilines is 1. The van der Waals surface area contributed by atoms with Crippen LogP contribution in [0.4, 0.5) is 14.5 Å². The number of aryl methyl sites for hydroxylation is 1. The first-order valence-corrected chi connectivity index (χ1v) is 11.4. The number of fused-ring (bicyclic) bond motifs is 1. The van der Waals surface area contributed by atoms with E-state index in [0.29, 0.717) is 32.9 Å². The normalized spacial score (nSPS) is 12.2. The van der Waals surface area contributed by atoms with Crippen LogP contribution in [0.2, 0.25) is 5.02 Å². The summed E-state index contributed by atoms with van der Waals surface area (Å²) in [5.41, 5.74) is 2.86. The van der Waals surface area contributed by atoms with Gasteiger partial charge in [-0.05, 0) is 60.7 Å². The van der Waals surface area contributed by atoms with Crippen molar-refractivity contribution in [3.63, 3.8) is 0 Å². The highest BCUT2D eigenvalue weighted by Crippen LogP contribution is 2.39. The van der Waals surface area contributed by atoms with Crippen LogP contribution in [0.25, 0.3) is 22.0 Å². The van der Waals surface area contributed by atoms with E-state index < -0.39 is 22.6 Å². The molecule has 4 rings (SSSR count). The second-order valence-electron chi connectivity index (χ2n) is 7.01. The maximum Gasteiger partial charge on any atom is 0.309 e. The molecule has 4 nitrogen and oxygen atoms in total. The number of hydrogen-bond donors (Lipinski definition) is 1. The molecule has 4 aromatic rings. The fourth-order valence-electron chi connectivity index (χ4n) is 3.47. The van der Waals surface area contributed by atoms with E-state index in [4.69, 9.17) is 16.3 Å². The van der Waals surface area contributed by atoms with Crippen molar-refractivity contribution < 1.29 is 13.5 Å². The van der Waals surface area contributed by atoms with Crippen LogP contribution in [0.15, 0.2) is 59.6 Å². The van der Waals surface area contributed by atoms with E-state index in [2.05, 4.69) is 14.7 Å². The van der Waals surface area contributed by atoms with Crippen LogP contribution in [0.3, 0.4) is 0 Å². The number of ether oxygens (including phenoxy) is 1. The Labute approximate surface area is 192 Å². The van der Waals surface area contributed by atoms with Gasteiger partial charge in [0.25, 0.3) is 0 Å². The average molecular weight is 472 g/mol. The zero-order valence-electron chi connectivity index (χ0n) is 17.6. The van der Waals surface area contributed by atoms with Gasteiger partial charge in [0.05, 0.1) is 23.3 Å². The van der Waals surface area contributed by atoms with Crippen molar-refractivity contribution in [1.82, 2.24) is 9.97 Å². The van der Waals surface area contributed by atoms with Gasteiger partial charge < -0.3 is 9.46 Å². The van der Waals surface area contributed by atoms with Crippen molar-refractivity contribution >= 4 is 44.2 Å². The van der Waals surface area contributed by atoms with Crippen LogP contribution in [0.1, 0.15) is 12.5 Å². The molecular formula is C24H20ClF2N3OS. The summed E-state index contributed by atoms with van der Waals surface area (Å²) in [4.78, 5) is 8.36. The first-order chi connectivity index (χ1) is 15.4. The Hall–Kier alpha value is -3.03. The largest absolute Gasteiger partial charge is 0.496 e. The summed E-state index contributed by atoms with van der Waals surface area (Å²) < 4.78 is 37.4. The zero-order chi connectivity index (χ0) is 22.8. The number of rotatable bonds is 5. The zero-order valence-corrected chi connectivity index (χ0v) is 19.2. The molecule has 1 N–H and O–H groups in total. The van der Waals surface area contributed by atoms with Gasteiger partial charge in [-0.3, -0.25) is 0 Å². The summed E-state index contributed by atoms with van der Waals surface area (Å²) in [6, 6.07) is 14.1. The van der Waals surface area contributed by atoms with Crippen molar-refractivity contribution in [3.05, 3.63) is 77.2 Å². The number of aromatic nitrogens is 2. The molecule has 0 bridgehead atoms. The molecule has 0 saturated heterocycles. The third kappa shape index (κ3) is 4.31. The minimum atomic E-state index is -0.783. The van der Waals surface area contributed by atoms with Crippen molar-refractivity contribution in [2.75, 3.05) is 11.8 Å². The molecule has 3 aromatic carbocycles. The summed E-state index contributed by atoms with van der Waals surface area (Å²) in [6.45, 7) is 3.72. The molecule has 1 atom stereocenters. The molecule has 0 aliphatic rings. The molecule has 0 fully saturated rings. The lowest BCUT2D eigenvalue weighted by Gasteiger charge is -2.17. The summed E-state index contributed by atoms with van der Waals surface area (Å²) in [6.07, 6.45) is 0.633. The molecule has 1 aromatic heterocycles. The van der Waals surface area contributed by atoms with E-state index in [1.54, 1.807) is 18.2 Å². The Morgan fingerprint density at radius 2 is 1.91 bits per heavy atom. The first kappa shape index (κ1) is 22.2. The third-order valence-electron chi connectivity index (χ3n) is 4.97. The van der Waals surface area contributed by atoms with Crippen LogP contribution in [-0.4, -0.2) is 22.4 Å². The van der Waals surface area contributed by atoms with Crippen molar-refractivity contribution in [1.29, 1.82) is 0 Å². The third-order valence-corrected chi connectivity index (χ3v) is 7.16. The maximum absolute atomic E-state index is 15.2. The van der Waals surface area contributed by atoms with Crippen LogP contribution in [0, 0.1) is 18.8 Å².